The van der Waals surface area contributed by atoms with E-state index in [0.717, 1.165) is 37.5 Å². The van der Waals surface area contributed by atoms with E-state index in [2.05, 4.69) is 10.3 Å². The molecule has 1 aliphatic carbocycles. The van der Waals surface area contributed by atoms with Crippen LogP contribution in [-0.4, -0.2) is 48.3 Å². The Morgan fingerprint density at radius 2 is 2.00 bits per heavy atom. The lowest BCUT2D eigenvalue weighted by Gasteiger charge is -2.25. The summed E-state index contributed by atoms with van der Waals surface area (Å²) in [5.74, 6) is 0.391. The van der Waals surface area contributed by atoms with Crippen LogP contribution in [0.15, 0.2) is 40.2 Å². The maximum Gasteiger partial charge on any atom is 0.261 e. The number of aliphatic hydroxyl groups is 1. The maximum absolute atomic E-state index is 12.7. The number of nitrogens with zero attached hydrogens (tertiary/aromatic N) is 2. The van der Waals surface area contributed by atoms with Gasteiger partial charge < -0.3 is 20.1 Å². The molecule has 1 fully saturated rings. The summed E-state index contributed by atoms with van der Waals surface area (Å²) in [5, 5.41) is 19.3. The Hall–Kier alpha value is -2.69. The van der Waals surface area contributed by atoms with Gasteiger partial charge in [-0.1, -0.05) is 19.3 Å². The quantitative estimate of drug-likeness (QED) is 0.480. The summed E-state index contributed by atoms with van der Waals surface area (Å²) < 4.78 is 31.7. The summed E-state index contributed by atoms with van der Waals surface area (Å²) in [6.45, 7) is 1.42. The van der Waals surface area contributed by atoms with Crippen molar-refractivity contribution in [3.05, 3.63) is 46.4 Å². The molecule has 1 saturated carbocycles. The maximum atomic E-state index is 12.7. The number of aromatic amines is 1. The Bertz CT molecular complexity index is 1320. The van der Waals surface area contributed by atoms with E-state index in [9.17, 15) is 18.3 Å². The average molecular weight is 475 g/mol. The van der Waals surface area contributed by atoms with Crippen molar-refractivity contribution in [3.63, 3.8) is 0 Å². The number of pyridine rings is 1. The predicted octanol–water partition coefficient (Wildman–Crippen LogP) is 3.23. The second kappa shape index (κ2) is 8.92. The van der Waals surface area contributed by atoms with Crippen LogP contribution in [0.4, 0.5) is 11.5 Å². The van der Waals surface area contributed by atoms with Crippen molar-refractivity contribution in [2.24, 2.45) is 0 Å². The molecule has 3 aromatic rings. The molecular formula is C23H30N4O5S. The molecule has 0 saturated heterocycles. The van der Waals surface area contributed by atoms with E-state index in [1.807, 2.05) is 10.7 Å². The fourth-order valence-electron chi connectivity index (χ4n) is 4.64. The molecule has 0 amide bonds. The summed E-state index contributed by atoms with van der Waals surface area (Å²) in [6.07, 6.45) is 8.20. The number of methoxy groups -OCH3 is 1. The molecule has 0 radical (unpaired) electrons. The molecule has 1 aliphatic rings. The monoisotopic (exact) mass is 474 g/mol. The van der Waals surface area contributed by atoms with Crippen molar-refractivity contribution < 1.29 is 18.3 Å². The number of hydrogen-bond acceptors (Lipinski definition) is 7. The summed E-state index contributed by atoms with van der Waals surface area (Å²) in [4.78, 5) is 15.4. The molecule has 2 aromatic heterocycles. The zero-order valence-electron chi connectivity index (χ0n) is 19.1. The van der Waals surface area contributed by atoms with Crippen molar-refractivity contribution in [2.75, 3.05) is 25.3 Å². The molecule has 4 rings (SSSR count). The first-order valence-electron chi connectivity index (χ1n) is 11.0. The highest BCUT2D eigenvalue weighted by Crippen LogP contribution is 2.35. The number of rotatable bonds is 7. The number of H-pyrrole nitrogens is 1. The molecule has 1 unspecified atom stereocenters. The minimum atomic E-state index is -3.59. The van der Waals surface area contributed by atoms with E-state index in [4.69, 9.17) is 9.84 Å². The van der Waals surface area contributed by atoms with Crippen LogP contribution in [-0.2, 0) is 20.2 Å². The van der Waals surface area contributed by atoms with Gasteiger partial charge in [-0.3, -0.25) is 9.48 Å². The van der Waals surface area contributed by atoms with Gasteiger partial charge in [-0.25, -0.2) is 8.42 Å². The number of fused-ring (bicyclic) bond motifs is 1. The van der Waals surface area contributed by atoms with Crippen LogP contribution >= 0.6 is 0 Å². The molecule has 1 atom stereocenters. The summed E-state index contributed by atoms with van der Waals surface area (Å²) in [7, 11) is -2.16. The van der Waals surface area contributed by atoms with Crippen LogP contribution < -0.4 is 10.9 Å². The van der Waals surface area contributed by atoms with Crippen LogP contribution in [0.1, 0.15) is 50.6 Å². The van der Waals surface area contributed by atoms with Crippen LogP contribution in [0.25, 0.3) is 10.9 Å². The van der Waals surface area contributed by atoms with Crippen molar-refractivity contribution in [1.82, 2.24) is 14.8 Å². The third-order valence-corrected chi connectivity index (χ3v) is 7.35. The number of aromatic nitrogens is 3. The first kappa shape index (κ1) is 23.5. The molecule has 9 nitrogen and oxygen atoms in total. The van der Waals surface area contributed by atoms with Gasteiger partial charge in [0.2, 0.25) is 0 Å². The summed E-state index contributed by atoms with van der Waals surface area (Å²) in [6, 6.07) is 6.69. The van der Waals surface area contributed by atoms with E-state index in [-0.39, 0.29) is 28.7 Å². The SMILES string of the molecule is COCC(C)(O)c1cc(Nc2nn(C3CCCCC3)c3cc[nH]c(=O)c23)ccc1S(C)(=O)=O. The third kappa shape index (κ3) is 4.68. The highest BCUT2D eigenvalue weighted by Gasteiger charge is 2.30. The molecule has 0 spiro atoms. The molecule has 2 heterocycles. The molecular weight excluding hydrogens is 444 g/mol. The molecule has 0 aliphatic heterocycles. The molecule has 1 aromatic carbocycles. The Morgan fingerprint density at radius 3 is 2.67 bits per heavy atom. The van der Waals surface area contributed by atoms with E-state index < -0.39 is 15.4 Å². The molecule has 0 bridgehead atoms. The predicted molar refractivity (Wildman–Crippen MR) is 127 cm³/mol. The second-order valence-electron chi connectivity index (χ2n) is 8.97. The number of benzene rings is 1. The third-order valence-electron chi connectivity index (χ3n) is 6.20. The normalized spacial score (nSPS) is 17.2. The van der Waals surface area contributed by atoms with Crippen LogP contribution in [0.2, 0.25) is 0 Å². The van der Waals surface area contributed by atoms with Gasteiger partial charge in [0.25, 0.3) is 5.56 Å². The van der Waals surface area contributed by atoms with Crippen molar-refractivity contribution in [2.45, 2.75) is 55.6 Å². The minimum Gasteiger partial charge on any atom is -0.383 e. The Kier molecular flexibility index (Phi) is 6.35. The fraction of sp³-hybridized carbons (Fsp3) is 0.478. The van der Waals surface area contributed by atoms with Gasteiger partial charge in [-0.2, -0.15) is 5.10 Å². The van der Waals surface area contributed by atoms with Gasteiger partial charge >= 0.3 is 0 Å². The Labute approximate surface area is 192 Å². The highest BCUT2D eigenvalue weighted by molar-refractivity contribution is 7.90. The number of nitrogens with one attached hydrogen (secondary N) is 2. The van der Waals surface area contributed by atoms with Crippen LogP contribution in [0.5, 0.6) is 0 Å². The topological polar surface area (TPSA) is 126 Å². The fourth-order valence-corrected chi connectivity index (χ4v) is 5.63. The average Bonchev–Trinajstić information content (AvgIpc) is 3.13. The molecule has 178 valence electrons. The first-order chi connectivity index (χ1) is 15.6. The smallest absolute Gasteiger partial charge is 0.261 e. The number of sulfone groups is 1. The van der Waals surface area contributed by atoms with Gasteiger partial charge in [-0.15, -0.1) is 0 Å². The summed E-state index contributed by atoms with van der Waals surface area (Å²) >= 11 is 0. The van der Waals surface area contributed by atoms with Crippen molar-refractivity contribution in [3.8, 4) is 0 Å². The standard InChI is InChI=1S/C23H30N4O5S/c1-23(29,14-32-2)17-13-15(9-10-19(17)33(3,30)31)25-21-20-18(11-12-24-22(20)28)27(26-21)16-7-5-4-6-8-16/h9-13,16,29H,4-8,14H2,1-3H3,(H,24,28)(H,25,26). The lowest BCUT2D eigenvalue weighted by atomic mass is 9.95. The largest absolute Gasteiger partial charge is 0.383 e. The highest BCUT2D eigenvalue weighted by atomic mass is 32.2. The van der Waals surface area contributed by atoms with Crippen LogP contribution in [0, 0.1) is 0 Å². The van der Waals surface area contributed by atoms with Crippen molar-refractivity contribution in [1.29, 1.82) is 0 Å². The summed E-state index contributed by atoms with van der Waals surface area (Å²) in [5.41, 5.74) is -0.316. The molecule has 3 N–H and O–H groups in total. The van der Waals surface area contributed by atoms with Gasteiger partial charge in [-0.05, 0) is 44.0 Å². The molecule has 10 heteroatoms. The zero-order valence-corrected chi connectivity index (χ0v) is 19.9. The van der Waals surface area contributed by atoms with Gasteiger partial charge in [0.1, 0.15) is 11.0 Å². The number of ether oxygens (including phenoxy) is 1. The van der Waals surface area contributed by atoms with E-state index in [1.165, 1.54) is 26.5 Å². The van der Waals surface area contributed by atoms with Crippen LogP contribution in [0.3, 0.4) is 0 Å². The minimum absolute atomic E-state index is 0.0190. The van der Waals surface area contributed by atoms with Gasteiger partial charge in [0.05, 0.1) is 23.1 Å². The Balaban J connectivity index is 1.81. The van der Waals surface area contributed by atoms with E-state index >= 15 is 0 Å². The lowest BCUT2D eigenvalue weighted by molar-refractivity contribution is -0.0227. The number of anilines is 2. The van der Waals surface area contributed by atoms with Gasteiger partial charge in [0, 0.05) is 30.8 Å². The number of hydrogen-bond donors (Lipinski definition) is 3. The first-order valence-corrected chi connectivity index (χ1v) is 12.9. The second-order valence-corrected chi connectivity index (χ2v) is 11.0. The van der Waals surface area contributed by atoms with E-state index in [1.54, 1.807) is 18.3 Å². The lowest BCUT2D eigenvalue weighted by Crippen LogP contribution is -2.29. The Morgan fingerprint density at radius 1 is 1.27 bits per heavy atom. The van der Waals surface area contributed by atoms with Gasteiger partial charge in [0.15, 0.2) is 15.7 Å². The van der Waals surface area contributed by atoms with Crippen molar-refractivity contribution >= 4 is 32.2 Å². The molecule has 33 heavy (non-hydrogen) atoms. The van der Waals surface area contributed by atoms with E-state index in [0.29, 0.717) is 16.9 Å². The zero-order chi connectivity index (χ0) is 23.8.